The second kappa shape index (κ2) is 4.59. The van der Waals surface area contributed by atoms with Gasteiger partial charge in [0.1, 0.15) is 0 Å². The first kappa shape index (κ1) is 10.4. The molecule has 1 saturated carbocycles. The van der Waals surface area contributed by atoms with Crippen molar-refractivity contribution in [2.75, 3.05) is 0 Å². The number of nitrogens with one attached hydrogen (secondary N) is 3. The van der Waals surface area contributed by atoms with Crippen LogP contribution < -0.4 is 16.2 Å². The fraction of sp³-hybridized carbons (Fsp3) is 0.333. The molecular formula is C9H11N3OS2. The molecule has 1 aromatic heterocycles. The molecule has 0 aliphatic heterocycles. The van der Waals surface area contributed by atoms with E-state index in [2.05, 4.69) is 16.2 Å². The largest absolute Gasteiger partial charge is 0.359 e. The molecule has 1 amide bonds. The van der Waals surface area contributed by atoms with Gasteiger partial charge < -0.3 is 5.32 Å². The van der Waals surface area contributed by atoms with Crippen molar-refractivity contribution in [1.29, 1.82) is 0 Å². The summed E-state index contributed by atoms with van der Waals surface area (Å²) in [7, 11) is 0. The molecule has 1 fully saturated rings. The number of hydrazine groups is 1. The summed E-state index contributed by atoms with van der Waals surface area (Å²) in [5.41, 5.74) is 5.21. The zero-order valence-corrected chi connectivity index (χ0v) is 9.58. The van der Waals surface area contributed by atoms with Crippen molar-refractivity contribution >= 4 is 34.6 Å². The number of rotatable bonds is 2. The quantitative estimate of drug-likeness (QED) is 0.534. The van der Waals surface area contributed by atoms with Gasteiger partial charge in [0.2, 0.25) is 0 Å². The first-order valence-electron chi connectivity index (χ1n) is 4.66. The molecule has 4 nitrogen and oxygen atoms in total. The molecule has 0 bridgehead atoms. The standard InChI is InChI=1S/C9H11N3OS2/c13-8(7-2-1-5-15-7)11-12-9(14)10-6-3-4-6/h1-2,5-6H,3-4H2,(H,11,13)(H2,10,12,14). The van der Waals surface area contributed by atoms with E-state index in [0.29, 0.717) is 16.0 Å². The average molecular weight is 241 g/mol. The molecule has 0 saturated heterocycles. The summed E-state index contributed by atoms with van der Waals surface area (Å²) in [6, 6.07) is 4.09. The van der Waals surface area contributed by atoms with Crippen LogP contribution in [0, 0.1) is 0 Å². The van der Waals surface area contributed by atoms with Crippen molar-refractivity contribution in [1.82, 2.24) is 16.2 Å². The molecular weight excluding hydrogens is 230 g/mol. The monoisotopic (exact) mass is 241 g/mol. The molecule has 6 heteroatoms. The molecule has 1 aliphatic rings. The molecule has 1 heterocycles. The summed E-state index contributed by atoms with van der Waals surface area (Å²) >= 11 is 6.38. The highest BCUT2D eigenvalue weighted by molar-refractivity contribution is 7.80. The summed E-state index contributed by atoms with van der Waals surface area (Å²) in [6.45, 7) is 0. The van der Waals surface area contributed by atoms with Crippen molar-refractivity contribution in [3.05, 3.63) is 22.4 Å². The lowest BCUT2D eigenvalue weighted by Crippen LogP contribution is -2.47. The molecule has 0 radical (unpaired) electrons. The molecule has 1 aliphatic carbocycles. The second-order valence-electron chi connectivity index (χ2n) is 3.30. The molecule has 0 atom stereocenters. The summed E-state index contributed by atoms with van der Waals surface area (Å²) in [4.78, 5) is 12.1. The second-order valence-corrected chi connectivity index (χ2v) is 4.66. The fourth-order valence-electron chi connectivity index (χ4n) is 1.03. The van der Waals surface area contributed by atoms with Crippen LogP contribution in [0.4, 0.5) is 0 Å². The first-order valence-corrected chi connectivity index (χ1v) is 5.95. The van der Waals surface area contributed by atoms with Crippen molar-refractivity contribution < 1.29 is 4.79 Å². The average Bonchev–Trinajstić information content (AvgIpc) is 2.86. The van der Waals surface area contributed by atoms with Gasteiger partial charge in [-0.25, -0.2) is 0 Å². The van der Waals surface area contributed by atoms with Crippen molar-refractivity contribution in [2.45, 2.75) is 18.9 Å². The van der Waals surface area contributed by atoms with E-state index < -0.39 is 0 Å². The smallest absolute Gasteiger partial charge is 0.279 e. The molecule has 1 aromatic rings. The van der Waals surface area contributed by atoms with Gasteiger partial charge in [-0.1, -0.05) is 6.07 Å². The lowest BCUT2D eigenvalue weighted by molar-refractivity contribution is 0.0948. The topological polar surface area (TPSA) is 53.2 Å². The van der Waals surface area contributed by atoms with Gasteiger partial charge in [-0.3, -0.25) is 15.6 Å². The Balaban J connectivity index is 1.72. The third kappa shape index (κ3) is 3.17. The Bertz CT molecular complexity index is 359. The number of hydrogen-bond acceptors (Lipinski definition) is 3. The van der Waals surface area contributed by atoms with E-state index in [4.69, 9.17) is 12.2 Å². The number of hydrogen-bond donors (Lipinski definition) is 3. The van der Waals surface area contributed by atoms with Crippen LogP contribution in [0.15, 0.2) is 17.5 Å². The Morgan fingerprint density at radius 1 is 1.47 bits per heavy atom. The minimum Gasteiger partial charge on any atom is -0.359 e. The van der Waals surface area contributed by atoms with E-state index in [1.165, 1.54) is 11.3 Å². The SMILES string of the molecule is O=C(NNC(=S)NC1CC1)c1cccs1. The third-order valence-electron chi connectivity index (χ3n) is 1.95. The summed E-state index contributed by atoms with van der Waals surface area (Å²) in [6.07, 6.45) is 2.31. The van der Waals surface area contributed by atoms with Crippen LogP contribution in [-0.2, 0) is 0 Å². The predicted molar refractivity (Wildman–Crippen MR) is 63.7 cm³/mol. The van der Waals surface area contributed by atoms with Crippen LogP contribution in [0.3, 0.4) is 0 Å². The van der Waals surface area contributed by atoms with Crippen LogP contribution in [0.2, 0.25) is 0 Å². The zero-order chi connectivity index (χ0) is 10.7. The molecule has 15 heavy (non-hydrogen) atoms. The number of thiocarbonyl (C=S) groups is 1. The number of carbonyl (C=O) groups is 1. The van der Waals surface area contributed by atoms with Crippen LogP contribution >= 0.6 is 23.6 Å². The minimum absolute atomic E-state index is 0.162. The van der Waals surface area contributed by atoms with Crippen LogP contribution in [0.5, 0.6) is 0 Å². The fourth-order valence-corrected chi connectivity index (χ4v) is 1.87. The summed E-state index contributed by atoms with van der Waals surface area (Å²) in [5.74, 6) is -0.162. The van der Waals surface area contributed by atoms with Crippen LogP contribution in [0.1, 0.15) is 22.5 Å². The first-order chi connectivity index (χ1) is 7.25. The van der Waals surface area contributed by atoms with Gasteiger partial charge in [0.05, 0.1) is 4.88 Å². The Labute approximate surface area is 97.0 Å². The molecule has 80 valence electrons. The molecule has 0 unspecified atom stereocenters. The Kier molecular flexibility index (Phi) is 3.17. The number of carbonyl (C=O) groups excluding carboxylic acids is 1. The van der Waals surface area contributed by atoms with Crippen molar-refractivity contribution in [3.8, 4) is 0 Å². The summed E-state index contributed by atoms with van der Waals surface area (Å²) < 4.78 is 0. The van der Waals surface area contributed by atoms with Gasteiger partial charge in [-0.15, -0.1) is 11.3 Å². The number of amides is 1. The van der Waals surface area contributed by atoms with Gasteiger partial charge in [-0.05, 0) is 36.5 Å². The summed E-state index contributed by atoms with van der Waals surface area (Å²) in [5, 5.41) is 5.39. The Hall–Kier alpha value is -1.14. The molecule has 3 N–H and O–H groups in total. The molecule has 2 rings (SSSR count). The van der Waals surface area contributed by atoms with E-state index in [9.17, 15) is 4.79 Å². The van der Waals surface area contributed by atoms with Crippen LogP contribution in [0.25, 0.3) is 0 Å². The van der Waals surface area contributed by atoms with Gasteiger partial charge in [-0.2, -0.15) is 0 Å². The van der Waals surface area contributed by atoms with Gasteiger partial charge in [0.25, 0.3) is 5.91 Å². The van der Waals surface area contributed by atoms with Crippen molar-refractivity contribution in [2.24, 2.45) is 0 Å². The van der Waals surface area contributed by atoms with Gasteiger partial charge in [0, 0.05) is 6.04 Å². The highest BCUT2D eigenvalue weighted by Gasteiger charge is 2.21. The Morgan fingerprint density at radius 2 is 2.27 bits per heavy atom. The van der Waals surface area contributed by atoms with E-state index in [0.717, 1.165) is 12.8 Å². The van der Waals surface area contributed by atoms with Crippen molar-refractivity contribution in [3.63, 3.8) is 0 Å². The van der Waals surface area contributed by atoms with Gasteiger partial charge in [0.15, 0.2) is 5.11 Å². The highest BCUT2D eigenvalue weighted by Crippen LogP contribution is 2.18. The maximum absolute atomic E-state index is 11.5. The lowest BCUT2D eigenvalue weighted by atomic mass is 10.4. The predicted octanol–water partition coefficient (Wildman–Crippen LogP) is 1.02. The number of thiophene rings is 1. The zero-order valence-electron chi connectivity index (χ0n) is 7.95. The van der Waals surface area contributed by atoms with Crippen LogP contribution in [-0.4, -0.2) is 17.1 Å². The van der Waals surface area contributed by atoms with Gasteiger partial charge >= 0.3 is 0 Å². The molecule has 0 spiro atoms. The molecule has 0 aromatic carbocycles. The lowest BCUT2D eigenvalue weighted by Gasteiger charge is -2.09. The highest BCUT2D eigenvalue weighted by atomic mass is 32.1. The maximum atomic E-state index is 11.5. The van der Waals surface area contributed by atoms with E-state index >= 15 is 0 Å². The Morgan fingerprint density at radius 3 is 2.87 bits per heavy atom. The normalized spacial score (nSPS) is 14.4. The van der Waals surface area contributed by atoms with E-state index in [1.807, 2.05) is 11.4 Å². The van der Waals surface area contributed by atoms with E-state index in [-0.39, 0.29) is 5.91 Å². The van der Waals surface area contributed by atoms with E-state index in [1.54, 1.807) is 6.07 Å². The minimum atomic E-state index is -0.162. The maximum Gasteiger partial charge on any atom is 0.279 e. The third-order valence-corrected chi connectivity index (χ3v) is 3.04.